The second kappa shape index (κ2) is 8.78. The van der Waals surface area contributed by atoms with Crippen molar-refractivity contribution in [3.8, 4) is 11.1 Å². The topological polar surface area (TPSA) is 52.0 Å². The predicted molar refractivity (Wildman–Crippen MR) is 144 cm³/mol. The Morgan fingerprint density at radius 3 is 1.34 bits per heavy atom. The lowest BCUT2D eigenvalue weighted by molar-refractivity contribution is 0.518. The van der Waals surface area contributed by atoms with Crippen LogP contribution in [0.15, 0.2) is 94.7 Å². The molecule has 4 N–H and O–H groups in total. The maximum atomic E-state index is 6.29. The monoisotopic (exact) mass is 476 g/mol. The molecule has 0 unspecified atom stereocenters. The third kappa shape index (κ3) is 3.77. The summed E-state index contributed by atoms with van der Waals surface area (Å²) < 4.78 is 0. The Morgan fingerprint density at radius 2 is 0.969 bits per heavy atom. The largest absolute Gasteiger partial charge is 0.398 e. The molecular weight excluding hydrogens is 452 g/mol. The summed E-state index contributed by atoms with van der Waals surface area (Å²) in [6.45, 7) is 0. The van der Waals surface area contributed by atoms with Crippen LogP contribution in [0.1, 0.15) is 22.3 Å². The van der Waals surface area contributed by atoms with E-state index in [9.17, 15) is 0 Å². The molecule has 0 aromatic heterocycles. The number of fused-ring (bicyclic) bond motifs is 3. The minimum atomic E-state index is -0.274. The summed E-state index contributed by atoms with van der Waals surface area (Å²) in [5.74, 6) is 0. The molecule has 0 atom stereocenters. The number of nitrogens with two attached hydrogens (primary N) is 2. The van der Waals surface area contributed by atoms with E-state index in [-0.39, 0.29) is 17.8 Å². The number of halogens is 1. The first kappa shape index (κ1) is 22.7. The summed E-state index contributed by atoms with van der Waals surface area (Å²) in [5.41, 5.74) is 21.0. The van der Waals surface area contributed by atoms with Gasteiger partial charge in [-0.1, -0.05) is 60.7 Å². The molecule has 0 bridgehead atoms. The Hall–Kier alpha value is -2.53. The Kier molecular flexibility index (Phi) is 6.22. The van der Waals surface area contributed by atoms with E-state index in [1.165, 1.54) is 22.3 Å². The van der Waals surface area contributed by atoms with Crippen LogP contribution in [0.5, 0.6) is 0 Å². The molecule has 0 spiro atoms. The number of anilines is 2. The van der Waals surface area contributed by atoms with E-state index in [1.54, 1.807) is 0 Å². The van der Waals surface area contributed by atoms with Gasteiger partial charge in [0, 0.05) is 26.6 Å². The summed E-state index contributed by atoms with van der Waals surface area (Å²) in [4.78, 5) is 1.60. The van der Waals surface area contributed by atoms with Crippen LogP contribution in [-0.4, -0.2) is 0 Å². The van der Waals surface area contributed by atoms with Gasteiger partial charge in [0.15, 0.2) is 0 Å². The van der Waals surface area contributed by atoms with E-state index in [2.05, 4.69) is 98.1 Å². The number of hydrogen-bond donors (Lipinski definition) is 4. The minimum Gasteiger partial charge on any atom is -0.398 e. The SMILES string of the molecule is Cl.Nc1cc2c(cc1S)C(Cc1ccccc1)(Cc1ccccc1)c1cc(S)c(N)cc1-2. The van der Waals surface area contributed by atoms with Gasteiger partial charge in [-0.3, -0.25) is 0 Å². The van der Waals surface area contributed by atoms with Gasteiger partial charge in [0.05, 0.1) is 0 Å². The molecule has 4 aromatic carbocycles. The van der Waals surface area contributed by atoms with Gasteiger partial charge >= 0.3 is 0 Å². The van der Waals surface area contributed by atoms with Gasteiger partial charge in [0.2, 0.25) is 0 Å². The first-order valence-electron chi connectivity index (χ1n) is 10.3. The molecule has 162 valence electrons. The number of nitrogen functional groups attached to an aromatic ring is 2. The lowest BCUT2D eigenvalue weighted by Crippen LogP contribution is -2.31. The van der Waals surface area contributed by atoms with E-state index in [0.717, 1.165) is 33.8 Å². The highest BCUT2D eigenvalue weighted by molar-refractivity contribution is 7.80. The molecule has 0 amide bonds. The first-order valence-corrected chi connectivity index (χ1v) is 11.2. The smallest absolute Gasteiger partial charge is 0.0456 e. The van der Waals surface area contributed by atoms with Crippen LogP contribution < -0.4 is 11.5 Å². The maximum absolute atomic E-state index is 6.29. The molecule has 0 saturated carbocycles. The molecule has 32 heavy (non-hydrogen) atoms. The highest BCUT2D eigenvalue weighted by Gasteiger charge is 2.44. The van der Waals surface area contributed by atoms with Gasteiger partial charge in [-0.25, -0.2) is 0 Å². The van der Waals surface area contributed by atoms with E-state index in [0.29, 0.717) is 11.4 Å². The second-order valence-electron chi connectivity index (χ2n) is 8.32. The lowest BCUT2D eigenvalue weighted by atomic mass is 9.69. The van der Waals surface area contributed by atoms with Crippen LogP contribution in [0.4, 0.5) is 11.4 Å². The fourth-order valence-electron chi connectivity index (χ4n) is 4.92. The second-order valence-corrected chi connectivity index (χ2v) is 9.28. The molecule has 2 nitrogen and oxygen atoms in total. The van der Waals surface area contributed by atoms with Crippen molar-refractivity contribution in [1.29, 1.82) is 0 Å². The zero-order valence-electron chi connectivity index (χ0n) is 17.5. The highest BCUT2D eigenvalue weighted by Crippen LogP contribution is 2.54. The predicted octanol–water partition coefficient (Wildman–Crippen LogP) is 6.60. The van der Waals surface area contributed by atoms with Crippen molar-refractivity contribution in [2.24, 2.45) is 0 Å². The van der Waals surface area contributed by atoms with Gasteiger partial charge in [-0.05, 0) is 70.5 Å². The van der Waals surface area contributed by atoms with Crippen LogP contribution >= 0.6 is 37.7 Å². The van der Waals surface area contributed by atoms with Crippen molar-refractivity contribution in [2.75, 3.05) is 11.5 Å². The van der Waals surface area contributed by atoms with E-state index >= 15 is 0 Å². The molecule has 5 rings (SSSR count). The molecule has 1 aliphatic rings. The quantitative estimate of drug-likeness (QED) is 0.198. The summed E-state index contributed by atoms with van der Waals surface area (Å²) >= 11 is 9.36. The normalized spacial score (nSPS) is 13.2. The first-order chi connectivity index (χ1) is 15.0. The third-order valence-corrected chi connectivity index (χ3v) is 7.13. The Labute approximate surface area is 206 Å². The van der Waals surface area contributed by atoms with Gasteiger partial charge in [-0.2, -0.15) is 0 Å². The van der Waals surface area contributed by atoms with Crippen LogP contribution in [-0.2, 0) is 18.3 Å². The van der Waals surface area contributed by atoms with Crippen LogP contribution in [0.2, 0.25) is 0 Å². The molecular formula is C27H25ClN2S2. The Morgan fingerprint density at radius 1 is 0.594 bits per heavy atom. The number of thiol groups is 2. The van der Waals surface area contributed by atoms with Crippen molar-refractivity contribution < 1.29 is 0 Å². The summed E-state index contributed by atoms with van der Waals surface area (Å²) in [7, 11) is 0. The van der Waals surface area contributed by atoms with E-state index in [4.69, 9.17) is 11.5 Å². The maximum Gasteiger partial charge on any atom is 0.0456 e. The number of hydrogen-bond acceptors (Lipinski definition) is 4. The van der Waals surface area contributed by atoms with E-state index < -0.39 is 0 Å². The number of benzene rings is 4. The van der Waals surface area contributed by atoms with Gasteiger partial charge in [0.1, 0.15) is 0 Å². The summed E-state index contributed by atoms with van der Waals surface area (Å²) in [5, 5.41) is 0. The van der Waals surface area contributed by atoms with Crippen molar-refractivity contribution in [3.63, 3.8) is 0 Å². The molecule has 4 aromatic rings. The molecule has 5 heteroatoms. The van der Waals surface area contributed by atoms with E-state index in [1.807, 2.05) is 12.1 Å². The Bertz CT molecular complexity index is 1170. The fraction of sp³-hybridized carbons (Fsp3) is 0.111. The summed E-state index contributed by atoms with van der Waals surface area (Å²) in [6, 6.07) is 29.7. The van der Waals surface area contributed by atoms with Crippen molar-refractivity contribution >= 4 is 49.0 Å². The fourth-order valence-corrected chi connectivity index (χ4v) is 5.31. The van der Waals surface area contributed by atoms with Gasteiger partial charge < -0.3 is 11.5 Å². The average Bonchev–Trinajstić information content (AvgIpc) is 2.99. The van der Waals surface area contributed by atoms with Crippen molar-refractivity contribution in [2.45, 2.75) is 28.0 Å². The molecule has 0 heterocycles. The van der Waals surface area contributed by atoms with Crippen molar-refractivity contribution in [1.82, 2.24) is 0 Å². The van der Waals surface area contributed by atoms with Gasteiger partial charge in [0.25, 0.3) is 0 Å². The average molecular weight is 477 g/mol. The highest BCUT2D eigenvalue weighted by atomic mass is 35.5. The van der Waals surface area contributed by atoms with Crippen LogP contribution in [0.3, 0.4) is 0 Å². The minimum absolute atomic E-state index is 0. The zero-order chi connectivity index (χ0) is 21.6. The zero-order valence-corrected chi connectivity index (χ0v) is 20.1. The molecule has 0 radical (unpaired) electrons. The Balaban J connectivity index is 0.00000245. The standard InChI is InChI=1S/C27H24N2S2.ClH/c28-23-11-19-20-12-24(29)26(31)14-22(20)27(21(19)13-25(23)30,15-17-7-3-1-4-8-17)16-18-9-5-2-6-10-18;/h1-14,30-31H,15-16,28-29H2;1H. The van der Waals surface area contributed by atoms with Crippen LogP contribution in [0, 0.1) is 0 Å². The molecule has 0 saturated heterocycles. The van der Waals surface area contributed by atoms with Gasteiger partial charge in [-0.15, -0.1) is 37.7 Å². The summed E-state index contributed by atoms with van der Waals surface area (Å²) in [6.07, 6.45) is 1.72. The molecule has 1 aliphatic carbocycles. The molecule has 0 fully saturated rings. The molecule has 0 aliphatic heterocycles. The van der Waals surface area contributed by atoms with Crippen molar-refractivity contribution in [3.05, 3.63) is 107 Å². The van der Waals surface area contributed by atoms with Crippen LogP contribution in [0.25, 0.3) is 11.1 Å². The lowest BCUT2D eigenvalue weighted by Gasteiger charge is -2.33. The third-order valence-electron chi connectivity index (χ3n) is 6.35. The number of rotatable bonds is 4.